The molecule has 1 N–H and O–H groups in total. The van der Waals surface area contributed by atoms with Crippen LogP contribution in [0.15, 0.2) is 54.5 Å². The number of hydrogen-bond acceptors (Lipinski definition) is 4. The summed E-state index contributed by atoms with van der Waals surface area (Å²) in [5.41, 5.74) is 2.41. The van der Waals surface area contributed by atoms with Gasteiger partial charge in [-0.2, -0.15) is 0 Å². The lowest BCUT2D eigenvalue weighted by Crippen LogP contribution is -2.25. The summed E-state index contributed by atoms with van der Waals surface area (Å²) < 4.78 is 5.44. The van der Waals surface area contributed by atoms with Gasteiger partial charge in [0, 0.05) is 32.4 Å². The number of ether oxygens (including phenoxy) is 1. The number of aromatic nitrogens is 1. The van der Waals surface area contributed by atoms with Crippen molar-refractivity contribution in [2.45, 2.75) is 46.1 Å². The van der Waals surface area contributed by atoms with E-state index in [-0.39, 0.29) is 0 Å². The predicted molar refractivity (Wildman–Crippen MR) is 110 cm³/mol. The minimum Gasteiger partial charge on any atom is -0.499 e. The molecule has 1 aromatic heterocycles. The van der Waals surface area contributed by atoms with Crippen molar-refractivity contribution in [3.8, 4) is 0 Å². The second-order valence-corrected chi connectivity index (χ2v) is 6.68. The van der Waals surface area contributed by atoms with Crippen molar-refractivity contribution in [1.82, 2.24) is 10.3 Å². The van der Waals surface area contributed by atoms with Crippen molar-refractivity contribution in [3.63, 3.8) is 0 Å². The molecule has 2 rings (SSSR count). The Hall–Kier alpha value is -2.07. The summed E-state index contributed by atoms with van der Waals surface area (Å²) in [6.07, 6.45) is 13.1. The number of anilines is 1. The maximum Gasteiger partial charge on any atom is 0.128 e. The number of allylic oxidation sites excluding steroid dienone is 3. The van der Waals surface area contributed by atoms with E-state index in [0.717, 1.165) is 43.3 Å². The highest BCUT2D eigenvalue weighted by Gasteiger charge is 2.11. The van der Waals surface area contributed by atoms with Gasteiger partial charge in [-0.25, -0.2) is 4.98 Å². The zero-order valence-electron chi connectivity index (χ0n) is 16.3. The molecule has 26 heavy (non-hydrogen) atoms. The van der Waals surface area contributed by atoms with E-state index in [0.29, 0.717) is 6.61 Å². The molecule has 0 bridgehead atoms. The molecule has 0 atom stereocenters. The highest BCUT2D eigenvalue weighted by atomic mass is 16.5. The number of nitrogens with zero attached hydrogens (tertiary/aromatic N) is 2. The summed E-state index contributed by atoms with van der Waals surface area (Å²) in [6.45, 7) is 12.4. The van der Waals surface area contributed by atoms with Crippen molar-refractivity contribution >= 4 is 5.82 Å². The van der Waals surface area contributed by atoms with Gasteiger partial charge < -0.3 is 15.0 Å². The van der Waals surface area contributed by atoms with Crippen molar-refractivity contribution in [2.24, 2.45) is 0 Å². The minimum absolute atomic E-state index is 0.694. The lowest BCUT2D eigenvalue weighted by Gasteiger charge is -2.21. The summed E-state index contributed by atoms with van der Waals surface area (Å²) >= 11 is 0. The normalized spacial score (nSPS) is 16.3. The number of nitrogens with one attached hydrogen (secondary N) is 1. The third-order valence-electron chi connectivity index (χ3n) is 4.56. The van der Waals surface area contributed by atoms with Crippen LogP contribution in [0, 0.1) is 0 Å². The molecule has 0 radical (unpaired) electrons. The maximum atomic E-state index is 5.44. The van der Waals surface area contributed by atoms with Gasteiger partial charge in [-0.3, -0.25) is 0 Å². The Bertz CT molecular complexity index is 614. The van der Waals surface area contributed by atoms with Crippen LogP contribution in [-0.2, 0) is 11.3 Å². The van der Waals surface area contributed by atoms with Crippen LogP contribution in [0.2, 0.25) is 0 Å². The van der Waals surface area contributed by atoms with Crippen LogP contribution >= 0.6 is 0 Å². The van der Waals surface area contributed by atoms with Gasteiger partial charge in [0.2, 0.25) is 0 Å². The van der Waals surface area contributed by atoms with Gasteiger partial charge in [0.15, 0.2) is 0 Å². The third-order valence-corrected chi connectivity index (χ3v) is 4.56. The summed E-state index contributed by atoms with van der Waals surface area (Å²) in [5.74, 6) is 2.03. The van der Waals surface area contributed by atoms with E-state index in [1.54, 1.807) is 0 Å². The standard InChI is InChI=1S/C22H33N3O/c1-4-20(11-10-19(3)26-5-2)17-23-18-21-12-13-24-22(16-21)25-14-8-6-7-9-15-25/h4,10-13,16,23H,1,5-9,14-15,17-18H2,2-3H3/b19-10+,20-11+. The summed E-state index contributed by atoms with van der Waals surface area (Å²) in [6, 6.07) is 4.31. The Morgan fingerprint density at radius 3 is 2.73 bits per heavy atom. The van der Waals surface area contributed by atoms with Crippen LogP contribution in [0.3, 0.4) is 0 Å². The molecule has 1 fully saturated rings. The molecule has 0 amide bonds. The van der Waals surface area contributed by atoms with Gasteiger partial charge in [0.25, 0.3) is 0 Å². The van der Waals surface area contributed by atoms with E-state index in [1.807, 2.05) is 32.2 Å². The van der Waals surface area contributed by atoms with Crippen LogP contribution in [0.1, 0.15) is 45.1 Å². The van der Waals surface area contributed by atoms with Crippen LogP contribution < -0.4 is 10.2 Å². The second kappa shape index (κ2) is 11.5. The highest BCUT2D eigenvalue weighted by Crippen LogP contribution is 2.18. The molecule has 1 aliphatic rings. The molecule has 4 heteroatoms. The number of hydrogen-bond donors (Lipinski definition) is 1. The van der Waals surface area contributed by atoms with Crippen LogP contribution in [0.5, 0.6) is 0 Å². The molecule has 4 nitrogen and oxygen atoms in total. The van der Waals surface area contributed by atoms with Gasteiger partial charge in [0.05, 0.1) is 12.4 Å². The van der Waals surface area contributed by atoms with Crippen LogP contribution in [0.4, 0.5) is 5.82 Å². The first-order valence-corrected chi connectivity index (χ1v) is 9.76. The first-order chi connectivity index (χ1) is 12.7. The Balaban J connectivity index is 1.88. The molecule has 2 heterocycles. The van der Waals surface area contributed by atoms with Crippen LogP contribution in [0.25, 0.3) is 0 Å². The first-order valence-electron chi connectivity index (χ1n) is 9.76. The molecule has 1 aliphatic heterocycles. The Morgan fingerprint density at radius 1 is 1.27 bits per heavy atom. The summed E-state index contributed by atoms with van der Waals surface area (Å²) in [4.78, 5) is 7.00. The average Bonchev–Trinajstić information content (AvgIpc) is 2.94. The number of pyridine rings is 1. The zero-order chi connectivity index (χ0) is 18.6. The molecule has 1 aromatic rings. The van der Waals surface area contributed by atoms with Crippen molar-refractivity contribution in [2.75, 3.05) is 31.1 Å². The van der Waals surface area contributed by atoms with Gasteiger partial charge >= 0.3 is 0 Å². The third kappa shape index (κ3) is 7.04. The fourth-order valence-electron chi connectivity index (χ4n) is 3.09. The lowest BCUT2D eigenvalue weighted by molar-refractivity contribution is 0.231. The molecule has 0 unspecified atom stereocenters. The van der Waals surface area contributed by atoms with E-state index < -0.39 is 0 Å². The topological polar surface area (TPSA) is 37.4 Å². The van der Waals surface area contributed by atoms with Crippen LogP contribution in [-0.4, -0.2) is 31.2 Å². The minimum atomic E-state index is 0.694. The maximum absolute atomic E-state index is 5.44. The Morgan fingerprint density at radius 2 is 2.04 bits per heavy atom. The predicted octanol–water partition coefficient (Wildman–Crippen LogP) is 4.60. The first kappa shape index (κ1) is 20.2. The average molecular weight is 356 g/mol. The molecular formula is C22H33N3O. The molecule has 0 aliphatic carbocycles. The Labute approximate surface area is 158 Å². The fourth-order valence-corrected chi connectivity index (χ4v) is 3.09. The monoisotopic (exact) mass is 355 g/mol. The summed E-state index contributed by atoms with van der Waals surface area (Å²) in [7, 11) is 0. The highest BCUT2D eigenvalue weighted by molar-refractivity contribution is 5.41. The Kier molecular flexibility index (Phi) is 8.98. The quantitative estimate of drug-likeness (QED) is 0.519. The molecular weight excluding hydrogens is 322 g/mol. The van der Waals surface area contributed by atoms with E-state index in [2.05, 4.69) is 40.0 Å². The van der Waals surface area contributed by atoms with Gasteiger partial charge in [-0.1, -0.05) is 31.6 Å². The molecule has 1 saturated heterocycles. The van der Waals surface area contributed by atoms with E-state index in [9.17, 15) is 0 Å². The van der Waals surface area contributed by atoms with Gasteiger partial charge in [0.1, 0.15) is 5.82 Å². The zero-order valence-corrected chi connectivity index (χ0v) is 16.3. The van der Waals surface area contributed by atoms with E-state index >= 15 is 0 Å². The largest absolute Gasteiger partial charge is 0.499 e. The van der Waals surface area contributed by atoms with Gasteiger partial charge in [-0.05, 0) is 56.0 Å². The van der Waals surface area contributed by atoms with Gasteiger partial charge in [-0.15, -0.1) is 0 Å². The summed E-state index contributed by atoms with van der Waals surface area (Å²) in [5, 5.41) is 3.50. The van der Waals surface area contributed by atoms with Crippen molar-refractivity contribution < 1.29 is 4.74 Å². The van der Waals surface area contributed by atoms with E-state index in [4.69, 9.17) is 4.74 Å². The van der Waals surface area contributed by atoms with E-state index in [1.165, 1.54) is 31.2 Å². The number of rotatable bonds is 9. The molecule has 142 valence electrons. The molecule has 0 aromatic carbocycles. The van der Waals surface area contributed by atoms with Crippen molar-refractivity contribution in [3.05, 3.63) is 60.0 Å². The molecule has 0 saturated carbocycles. The van der Waals surface area contributed by atoms with Crippen molar-refractivity contribution in [1.29, 1.82) is 0 Å². The second-order valence-electron chi connectivity index (χ2n) is 6.68. The smallest absolute Gasteiger partial charge is 0.128 e. The fraction of sp³-hybridized carbons (Fsp3) is 0.500. The lowest BCUT2D eigenvalue weighted by atomic mass is 10.2. The SMILES string of the molecule is C=C/C(=C\C=C(/C)OCC)CNCc1ccnc(N2CCCCCC2)c1. The molecule has 0 spiro atoms.